The van der Waals surface area contributed by atoms with Crippen LogP contribution in [0.3, 0.4) is 0 Å². The van der Waals surface area contributed by atoms with Crippen molar-refractivity contribution in [2.45, 2.75) is 0 Å². The first-order valence-electron chi connectivity index (χ1n) is 5.98. The molecule has 6 heteroatoms. The standard InChI is InChI=1S/C13H16FN3O2/c14-9-7-11-10(12(15)8-9)1-2-16-13(11)17-3-5-19-6-4-18/h1-2,7-8,18H,3-6,15H2,(H,16,17). The van der Waals surface area contributed by atoms with Gasteiger partial charge < -0.3 is 20.9 Å². The van der Waals surface area contributed by atoms with Crippen molar-refractivity contribution < 1.29 is 14.2 Å². The van der Waals surface area contributed by atoms with Gasteiger partial charge in [0, 0.05) is 29.2 Å². The largest absolute Gasteiger partial charge is 0.398 e. The fraction of sp³-hybridized carbons (Fsp3) is 0.308. The van der Waals surface area contributed by atoms with Gasteiger partial charge in [-0.3, -0.25) is 0 Å². The minimum Gasteiger partial charge on any atom is -0.398 e. The number of benzene rings is 1. The summed E-state index contributed by atoms with van der Waals surface area (Å²) in [5.41, 5.74) is 6.16. The van der Waals surface area contributed by atoms with Gasteiger partial charge in [-0.25, -0.2) is 9.37 Å². The average molecular weight is 265 g/mol. The van der Waals surface area contributed by atoms with Crippen LogP contribution >= 0.6 is 0 Å². The van der Waals surface area contributed by atoms with E-state index in [4.69, 9.17) is 15.6 Å². The number of rotatable bonds is 6. The van der Waals surface area contributed by atoms with E-state index in [1.165, 1.54) is 12.1 Å². The molecule has 19 heavy (non-hydrogen) atoms. The number of anilines is 2. The Balaban J connectivity index is 2.14. The van der Waals surface area contributed by atoms with Crippen LogP contribution in [-0.4, -0.2) is 36.5 Å². The summed E-state index contributed by atoms with van der Waals surface area (Å²) < 4.78 is 18.5. The summed E-state index contributed by atoms with van der Waals surface area (Å²) in [5.74, 6) is 0.175. The molecule has 2 aromatic rings. The summed E-state index contributed by atoms with van der Waals surface area (Å²) in [5, 5.41) is 13.0. The van der Waals surface area contributed by atoms with Gasteiger partial charge in [-0.15, -0.1) is 0 Å². The zero-order valence-electron chi connectivity index (χ0n) is 10.4. The third-order valence-corrected chi connectivity index (χ3v) is 2.65. The molecule has 0 saturated carbocycles. The third kappa shape index (κ3) is 3.30. The van der Waals surface area contributed by atoms with Crippen LogP contribution in [0.25, 0.3) is 10.8 Å². The van der Waals surface area contributed by atoms with Crippen LogP contribution < -0.4 is 11.1 Å². The fourth-order valence-corrected chi connectivity index (χ4v) is 1.83. The summed E-state index contributed by atoms with van der Waals surface area (Å²) in [6.45, 7) is 1.24. The summed E-state index contributed by atoms with van der Waals surface area (Å²) >= 11 is 0. The lowest BCUT2D eigenvalue weighted by Crippen LogP contribution is -2.12. The highest BCUT2D eigenvalue weighted by Gasteiger charge is 2.06. The summed E-state index contributed by atoms with van der Waals surface area (Å²) in [6, 6.07) is 4.43. The number of aliphatic hydroxyl groups excluding tert-OH is 1. The van der Waals surface area contributed by atoms with Gasteiger partial charge in [-0.1, -0.05) is 0 Å². The summed E-state index contributed by atoms with van der Waals surface area (Å²) in [7, 11) is 0. The molecule has 102 valence electrons. The quantitative estimate of drug-likeness (QED) is 0.543. The summed E-state index contributed by atoms with van der Waals surface area (Å²) in [4.78, 5) is 4.17. The van der Waals surface area contributed by atoms with Crippen LogP contribution in [0.5, 0.6) is 0 Å². The molecule has 0 aliphatic rings. The number of hydrogen-bond donors (Lipinski definition) is 3. The maximum atomic E-state index is 13.4. The third-order valence-electron chi connectivity index (χ3n) is 2.65. The number of pyridine rings is 1. The normalized spacial score (nSPS) is 10.8. The lowest BCUT2D eigenvalue weighted by atomic mass is 10.1. The maximum Gasteiger partial charge on any atom is 0.134 e. The van der Waals surface area contributed by atoms with Crippen LogP contribution in [0.15, 0.2) is 24.4 Å². The van der Waals surface area contributed by atoms with Crippen molar-refractivity contribution in [1.29, 1.82) is 0 Å². The first-order chi connectivity index (χ1) is 9.22. The van der Waals surface area contributed by atoms with E-state index in [2.05, 4.69) is 10.3 Å². The second-order valence-electron chi connectivity index (χ2n) is 4.01. The van der Waals surface area contributed by atoms with Gasteiger partial charge in [-0.2, -0.15) is 0 Å². The molecule has 5 nitrogen and oxygen atoms in total. The van der Waals surface area contributed by atoms with Crippen molar-refractivity contribution in [3.05, 3.63) is 30.2 Å². The average Bonchev–Trinajstić information content (AvgIpc) is 2.39. The monoisotopic (exact) mass is 265 g/mol. The maximum absolute atomic E-state index is 13.4. The Bertz CT molecular complexity index is 563. The Morgan fingerprint density at radius 2 is 2.16 bits per heavy atom. The number of ether oxygens (including phenoxy) is 1. The number of halogens is 1. The Morgan fingerprint density at radius 1 is 1.32 bits per heavy atom. The van der Waals surface area contributed by atoms with E-state index in [1.807, 2.05) is 0 Å². The molecule has 2 rings (SSSR count). The highest BCUT2D eigenvalue weighted by Crippen LogP contribution is 2.26. The Kier molecular flexibility index (Phi) is 4.48. The molecule has 1 aromatic heterocycles. The number of nitrogens with one attached hydrogen (secondary N) is 1. The number of nitrogen functional groups attached to an aromatic ring is 1. The van der Waals surface area contributed by atoms with E-state index in [0.717, 1.165) is 5.39 Å². The van der Waals surface area contributed by atoms with Gasteiger partial charge in [0.2, 0.25) is 0 Å². The van der Waals surface area contributed by atoms with Crippen molar-refractivity contribution in [2.75, 3.05) is 37.4 Å². The van der Waals surface area contributed by atoms with Crippen LogP contribution in [0, 0.1) is 5.82 Å². The van der Waals surface area contributed by atoms with Crippen molar-refractivity contribution >= 4 is 22.3 Å². The minimum atomic E-state index is -0.391. The van der Waals surface area contributed by atoms with Crippen LogP contribution in [0.1, 0.15) is 0 Å². The number of nitrogens with two attached hydrogens (primary N) is 1. The number of aromatic nitrogens is 1. The van der Waals surface area contributed by atoms with Crippen molar-refractivity contribution in [3.63, 3.8) is 0 Å². The van der Waals surface area contributed by atoms with E-state index in [1.54, 1.807) is 12.3 Å². The molecule has 4 N–H and O–H groups in total. The summed E-state index contributed by atoms with van der Waals surface area (Å²) in [6.07, 6.45) is 1.62. The van der Waals surface area contributed by atoms with Gasteiger partial charge in [0.1, 0.15) is 11.6 Å². The Labute approximate surface area is 110 Å². The Morgan fingerprint density at radius 3 is 2.95 bits per heavy atom. The molecule has 0 unspecified atom stereocenters. The van der Waals surface area contributed by atoms with Gasteiger partial charge in [0.15, 0.2) is 0 Å². The molecule has 0 amide bonds. The smallest absolute Gasteiger partial charge is 0.134 e. The molecule has 0 fully saturated rings. The van der Waals surface area contributed by atoms with Crippen LogP contribution in [-0.2, 0) is 4.74 Å². The van der Waals surface area contributed by atoms with Crippen molar-refractivity contribution in [3.8, 4) is 0 Å². The second-order valence-corrected chi connectivity index (χ2v) is 4.01. The zero-order valence-corrected chi connectivity index (χ0v) is 10.4. The number of aliphatic hydroxyl groups is 1. The fourth-order valence-electron chi connectivity index (χ4n) is 1.83. The first kappa shape index (κ1) is 13.5. The van der Waals surface area contributed by atoms with E-state index < -0.39 is 5.82 Å². The van der Waals surface area contributed by atoms with E-state index in [9.17, 15) is 4.39 Å². The lowest BCUT2D eigenvalue weighted by molar-refractivity contribution is 0.0992. The predicted molar refractivity (Wildman–Crippen MR) is 72.5 cm³/mol. The number of fused-ring (bicyclic) bond motifs is 1. The lowest BCUT2D eigenvalue weighted by Gasteiger charge is -2.10. The second kappa shape index (κ2) is 6.31. The van der Waals surface area contributed by atoms with Gasteiger partial charge in [0.05, 0.1) is 19.8 Å². The molecule has 0 saturated heterocycles. The molecule has 0 aliphatic carbocycles. The van der Waals surface area contributed by atoms with E-state index in [0.29, 0.717) is 36.6 Å². The van der Waals surface area contributed by atoms with E-state index in [-0.39, 0.29) is 6.61 Å². The zero-order chi connectivity index (χ0) is 13.7. The van der Waals surface area contributed by atoms with Crippen molar-refractivity contribution in [1.82, 2.24) is 4.98 Å². The van der Waals surface area contributed by atoms with Crippen LogP contribution in [0.2, 0.25) is 0 Å². The minimum absolute atomic E-state index is 0.00569. The van der Waals surface area contributed by atoms with Gasteiger partial charge >= 0.3 is 0 Å². The molecule has 0 aliphatic heterocycles. The molecular weight excluding hydrogens is 249 g/mol. The number of hydrogen-bond acceptors (Lipinski definition) is 5. The molecular formula is C13H16FN3O2. The van der Waals surface area contributed by atoms with Crippen molar-refractivity contribution in [2.24, 2.45) is 0 Å². The molecule has 1 heterocycles. The van der Waals surface area contributed by atoms with Crippen LogP contribution in [0.4, 0.5) is 15.9 Å². The topological polar surface area (TPSA) is 80.4 Å². The molecule has 0 radical (unpaired) electrons. The predicted octanol–water partition coefficient (Wildman–Crippen LogP) is 1.38. The molecule has 0 bridgehead atoms. The number of nitrogens with zero attached hydrogens (tertiary/aromatic N) is 1. The SMILES string of the molecule is Nc1cc(F)cc2c(NCCOCCO)nccc12. The highest BCUT2D eigenvalue weighted by molar-refractivity contribution is 5.99. The molecule has 0 atom stereocenters. The Hall–Kier alpha value is -1.92. The van der Waals surface area contributed by atoms with Gasteiger partial charge in [0.25, 0.3) is 0 Å². The highest BCUT2D eigenvalue weighted by atomic mass is 19.1. The molecule has 1 aromatic carbocycles. The van der Waals surface area contributed by atoms with E-state index >= 15 is 0 Å². The first-order valence-corrected chi connectivity index (χ1v) is 5.98. The van der Waals surface area contributed by atoms with Gasteiger partial charge in [-0.05, 0) is 18.2 Å². The molecule has 0 spiro atoms.